The first-order chi connectivity index (χ1) is 13.5. The minimum atomic E-state index is -0.620. The molecule has 3 heterocycles. The third kappa shape index (κ3) is 3.32. The summed E-state index contributed by atoms with van der Waals surface area (Å²) in [5.74, 6) is 0.481. The van der Waals surface area contributed by atoms with E-state index in [-0.39, 0.29) is 18.2 Å². The SMILES string of the molecule is COc1cccc2c1C1(CCN(C(=O)CC[C@@H]3NC(=O)NC3=O)CC1)OCC2. The van der Waals surface area contributed by atoms with Gasteiger partial charge in [-0.3, -0.25) is 14.9 Å². The number of carbonyl (C=O) groups excluding carboxylic acids is 3. The number of nitrogens with zero attached hydrogens (tertiary/aromatic N) is 1. The second-order valence-corrected chi connectivity index (χ2v) is 7.52. The number of fused-ring (bicyclic) bond motifs is 2. The highest BCUT2D eigenvalue weighted by atomic mass is 16.5. The maximum atomic E-state index is 12.6. The number of ether oxygens (including phenoxy) is 2. The standard InChI is InChI=1S/C20H25N3O5/c1-27-15-4-2-3-13-7-12-28-20(17(13)15)8-10-23(11-9-20)16(24)6-5-14-18(25)22-19(26)21-14/h2-4,14H,5-12H2,1H3,(H2,21,22,25,26)/t14-/m0/s1. The number of rotatable bonds is 4. The van der Waals surface area contributed by atoms with E-state index in [1.165, 1.54) is 5.56 Å². The van der Waals surface area contributed by atoms with E-state index in [1.807, 2.05) is 17.0 Å². The zero-order chi connectivity index (χ0) is 19.7. The van der Waals surface area contributed by atoms with Crippen molar-refractivity contribution in [3.8, 4) is 5.75 Å². The molecule has 0 aromatic heterocycles. The molecule has 1 aromatic rings. The van der Waals surface area contributed by atoms with E-state index in [2.05, 4.69) is 16.7 Å². The molecule has 0 aliphatic carbocycles. The number of piperidine rings is 1. The lowest BCUT2D eigenvalue weighted by Gasteiger charge is -2.45. The number of hydrogen-bond acceptors (Lipinski definition) is 5. The molecule has 1 spiro atoms. The van der Waals surface area contributed by atoms with E-state index >= 15 is 0 Å². The first kappa shape index (κ1) is 18.7. The molecular weight excluding hydrogens is 362 g/mol. The van der Waals surface area contributed by atoms with Gasteiger partial charge in [0.15, 0.2) is 0 Å². The summed E-state index contributed by atoms with van der Waals surface area (Å²) in [4.78, 5) is 37.2. The zero-order valence-electron chi connectivity index (χ0n) is 16.0. The summed E-state index contributed by atoms with van der Waals surface area (Å²) in [5.41, 5.74) is 1.98. The van der Waals surface area contributed by atoms with Gasteiger partial charge in [-0.1, -0.05) is 12.1 Å². The summed E-state index contributed by atoms with van der Waals surface area (Å²) in [6.45, 7) is 1.86. The van der Waals surface area contributed by atoms with Gasteiger partial charge in [0.25, 0.3) is 5.91 Å². The van der Waals surface area contributed by atoms with Crippen LogP contribution in [0.3, 0.4) is 0 Å². The first-order valence-electron chi connectivity index (χ1n) is 9.72. The van der Waals surface area contributed by atoms with E-state index in [0.29, 0.717) is 39.0 Å². The van der Waals surface area contributed by atoms with Crippen LogP contribution in [0.2, 0.25) is 0 Å². The lowest BCUT2D eigenvalue weighted by molar-refractivity contribution is -0.141. The van der Waals surface area contributed by atoms with Gasteiger partial charge in [0.05, 0.1) is 13.7 Å². The van der Waals surface area contributed by atoms with Gasteiger partial charge in [-0.05, 0) is 37.3 Å². The van der Waals surface area contributed by atoms with Crippen molar-refractivity contribution in [1.29, 1.82) is 0 Å². The lowest BCUT2D eigenvalue weighted by Crippen LogP contribution is -2.48. The number of urea groups is 1. The second kappa shape index (κ2) is 7.43. The number of nitrogens with one attached hydrogen (secondary N) is 2. The van der Waals surface area contributed by atoms with E-state index in [4.69, 9.17) is 9.47 Å². The monoisotopic (exact) mass is 387 g/mol. The van der Waals surface area contributed by atoms with Crippen molar-refractivity contribution < 1.29 is 23.9 Å². The Kier molecular flexibility index (Phi) is 4.97. The van der Waals surface area contributed by atoms with Crippen molar-refractivity contribution in [2.75, 3.05) is 26.8 Å². The van der Waals surface area contributed by atoms with Gasteiger partial charge in [-0.2, -0.15) is 0 Å². The Hall–Kier alpha value is -2.61. The fraction of sp³-hybridized carbons (Fsp3) is 0.550. The number of methoxy groups -OCH3 is 1. The average Bonchev–Trinajstić information content (AvgIpc) is 3.03. The molecule has 150 valence electrons. The predicted octanol–water partition coefficient (Wildman–Crippen LogP) is 1.07. The number of benzene rings is 1. The quantitative estimate of drug-likeness (QED) is 0.754. The van der Waals surface area contributed by atoms with E-state index in [9.17, 15) is 14.4 Å². The maximum absolute atomic E-state index is 12.6. The molecule has 2 N–H and O–H groups in total. The van der Waals surface area contributed by atoms with Crippen molar-refractivity contribution in [2.45, 2.75) is 43.7 Å². The maximum Gasteiger partial charge on any atom is 0.322 e. The molecule has 0 bridgehead atoms. The van der Waals surface area contributed by atoms with Gasteiger partial charge in [0.1, 0.15) is 17.4 Å². The van der Waals surface area contributed by atoms with E-state index in [1.54, 1.807) is 7.11 Å². The molecule has 8 nitrogen and oxygen atoms in total. The van der Waals surface area contributed by atoms with Gasteiger partial charge in [0.2, 0.25) is 5.91 Å². The molecule has 28 heavy (non-hydrogen) atoms. The Balaban J connectivity index is 1.40. The number of likely N-dealkylation sites (tertiary alicyclic amines) is 1. The first-order valence-corrected chi connectivity index (χ1v) is 9.72. The Morgan fingerprint density at radius 2 is 2.11 bits per heavy atom. The van der Waals surface area contributed by atoms with Crippen LogP contribution in [-0.2, 0) is 26.3 Å². The Morgan fingerprint density at radius 3 is 2.79 bits per heavy atom. The molecule has 0 unspecified atom stereocenters. The van der Waals surface area contributed by atoms with Crippen LogP contribution in [0.25, 0.3) is 0 Å². The molecule has 3 aliphatic heterocycles. The molecule has 8 heteroatoms. The smallest absolute Gasteiger partial charge is 0.322 e. The van der Waals surface area contributed by atoms with Crippen LogP contribution in [0, 0.1) is 0 Å². The third-order valence-electron chi connectivity index (χ3n) is 5.97. The topological polar surface area (TPSA) is 97.0 Å². The van der Waals surface area contributed by atoms with Crippen molar-refractivity contribution in [2.24, 2.45) is 0 Å². The van der Waals surface area contributed by atoms with Crippen molar-refractivity contribution in [1.82, 2.24) is 15.5 Å². The van der Waals surface area contributed by atoms with Crippen LogP contribution < -0.4 is 15.4 Å². The largest absolute Gasteiger partial charge is 0.496 e. The molecule has 0 saturated carbocycles. The highest BCUT2D eigenvalue weighted by Gasteiger charge is 2.43. The van der Waals surface area contributed by atoms with Crippen molar-refractivity contribution in [3.05, 3.63) is 29.3 Å². The zero-order valence-corrected chi connectivity index (χ0v) is 16.0. The highest BCUT2D eigenvalue weighted by Crippen LogP contribution is 2.45. The summed E-state index contributed by atoms with van der Waals surface area (Å²) < 4.78 is 11.8. The molecule has 1 aromatic carbocycles. The van der Waals surface area contributed by atoms with Gasteiger partial charge in [-0.15, -0.1) is 0 Å². The van der Waals surface area contributed by atoms with Gasteiger partial charge in [-0.25, -0.2) is 4.79 Å². The number of amides is 4. The fourth-order valence-electron chi connectivity index (χ4n) is 4.50. The lowest BCUT2D eigenvalue weighted by atomic mass is 9.78. The summed E-state index contributed by atoms with van der Waals surface area (Å²) in [7, 11) is 1.68. The predicted molar refractivity (Wildman–Crippen MR) is 99.8 cm³/mol. The fourth-order valence-corrected chi connectivity index (χ4v) is 4.50. The second-order valence-electron chi connectivity index (χ2n) is 7.52. The minimum Gasteiger partial charge on any atom is -0.496 e. The van der Waals surface area contributed by atoms with Crippen LogP contribution in [0.15, 0.2) is 18.2 Å². The van der Waals surface area contributed by atoms with E-state index in [0.717, 1.165) is 17.7 Å². The van der Waals surface area contributed by atoms with Crippen LogP contribution in [0.1, 0.15) is 36.8 Å². The third-order valence-corrected chi connectivity index (χ3v) is 5.97. The Morgan fingerprint density at radius 1 is 1.32 bits per heavy atom. The summed E-state index contributed by atoms with van der Waals surface area (Å²) in [6.07, 6.45) is 2.84. The summed E-state index contributed by atoms with van der Waals surface area (Å²) >= 11 is 0. The highest BCUT2D eigenvalue weighted by molar-refractivity contribution is 6.04. The van der Waals surface area contributed by atoms with Crippen LogP contribution in [0.5, 0.6) is 5.75 Å². The number of carbonyl (C=O) groups is 3. The van der Waals surface area contributed by atoms with Crippen molar-refractivity contribution in [3.63, 3.8) is 0 Å². The summed E-state index contributed by atoms with van der Waals surface area (Å²) in [6, 6.07) is 4.98. The molecule has 3 aliphatic rings. The molecule has 2 saturated heterocycles. The molecule has 2 fully saturated rings. The molecular formula is C20H25N3O5. The summed E-state index contributed by atoms with van der Waals surface area (Å²) in [5, 5.41) is 4.71. The molecule has 4 amide bonds. The average molecular weight is 387 g/mol. The van der Waals surface area contributed by atoms with Crippen LogP contribution >= 0.6 is 0 Å². The minimum absolute atomic E-state index is 0.000131. The van der Waals surface area contributed by atoms with Crippen molar-refractivity contribution >= 4 is 17.8 Å². The Labute approximate surface area is 163 Å². The van der Waals surface area contributed by atoms with Crippen LogP contribution in [-0.4, -0.2) is 55.6 Å². The number of hydrogen-bond donors (Lipinski definition) is 2. The number of imide groups is 1. The van der Waals surface area contributed by atoms with Gasteiger partial charge in [0, 0.05) is 25.1 Å². The van der Waals surface area contributed by atoms with Gasteiger partial charge < -0.3 is 19.7 Å². The van der Waals surface area contributed by atoms with Crippen LogP contribution in [0.4, 0.5) is 4.79 Å². The van der Waals surface area contributed by atoms with Gasteiger partial charge >= 0.3 is 6.03 Å². The molecule has 0 radical (unpaired) electrons. The molecule has 4 rings (SSSR count). The Bertz CT molecular complexity index is 787. The normalized spacial score (nSPS) is 23.2. The van der Waals surface area contributed by atoms with E-state index < -0.39 is 17.7 Å². The molecule has 1 atom stereocenters.